The van der Waals surface area contributed by atoms with E-state index in [1.807, 2.05) is 18.3 Å². The van der Waals surface area contributed by atoms with Gasteiger partial charge in [0.25, 0.3) is 0 Å². The van der Waals surface area contributed by atoms with Crippen LogP contribution in [0, 0.1) is 18.8 Å². The lowest BCUT2D eigenvalue weighted by molar-refractivity contribution is 1.17. The molecule has 0 fully saturated rings. The molecule has 12 heavy (non-hydrogen) atoms. The highest BCUT2D eigenvalue weighted by Crippen LogP contribution is 2.32. The van der Waals surface area contributed by atoms with Crippen LogP contribution < -0.4 is 0 Å². The second-order valence-electron chi connectivity index (χ2n) is 2.50. The summed E-state index contributed by atoms with van der Waals surface area (Å²) in [7, 11) is 0. The fourth-order valence-electron chi connectivity index (χ4n) is 1.07. The summed E-state index contributed by atoms with van der Waals surface area (Å²) < 4.78 is 1.20. The third-order valence-corrected chi connectivity index (χ3v) is 4.05. The molecule has 0 bridgehead atoms. The minimum atomic E-state index is 1.08. The number of halogens is 1. The second-order valence-corrected chi connectivity index (χ2v) is 4.60. The van der Waals surface area contributed by atoms with E-state index in [0.29, 0.717) is 0 Å². The van der Waals surface area contributed by atoms with Gasteiger partial charge in [0, 0.05) is 14.2 Å². The monoisotopic (exact) mass is 242 g/mol. The smallest absolute Gasteiger partial charge is 0.0526 e. The quantitative estimate of drug-likeness (QED) is 0.659. The Kier molecular flexibility index (Phi) is 3.37. The molecule has 1 aromatic heterocycles. The SMILES string of the molecule is CC#Cc1c(C)sc(CC)c1Br. The fourth-order valence-corrected chi connectivity index (χ4v) is 3.08. The van der Waals surface area contributed by atoms with Crippen molar-refractivity contribution in [1.29, 1.82) is 0 Å². The van der Waals surface area contributed by atoms with Crippen LogP contribution in [0.3, 0.4) is 0 Å². The van der Waals surface area contributed by atoms with Crippen LogP contribution in [0.2, 0.25) is 0 Å². The average Bonchev–Trinajstić information content (AvgIpc) is 2.32. The molecule has 0 aliphatic rings. The Morgan fingerprint density at radius 2 is 2.17 bits per heavy atom. The van der Waals surface area contributed by atoms with Crippen LogP contribution in [0.15, 0.2) is 4.47 Å². The van der Waals surface area contributed by atoms with Gasteiger partial charge >= 0.3 is 0 Å². The number of aryl methyl sites for hydroxylation is 2. The van der Waals surface area contributed by atoms with Crippen molar-refractivity contribution in [3.8, 4) is 11.8 Å². The van der Waals surface area contributed by atoms with Crippen LogP contribution in [-0.4, -0.2) is 0 Å². The largest absolute Gasteiger partial charge is 0.143 e. The molecule has 1 heterocycles. The van der Waals surface area contributed by atoms with Crippen molar-refractivity contribution in [3.63, 3.8) is 0 Å². The molecule has 0 spiro atoms. The molecular weight excluding hydrogens is 232 g/mol. The number of hydrogen-bond donors (Lipinski definition) is 0. The van der Waals surface area contributed by atoms with Gasteiger partial charge in [0.05, 0.1) is 5.56 Å². The van der Waals surface area contributed by atoms with Crippen molar-refractivity contribution in [2.75, 3.05) is 0 Å². The molecule has 0 radical (unpaired) electrons. The summed E-state index contributed by atoms with van der Waals surface area (Å²) in [5, 5.41) is 0. The minimum absolute atomic E-state index is 1.08. The van der Waals surface area contributed by atoms with Crippen molar-refractivity contribution < 1.29 is 0 Å². The van der Waals surface area contributed by atoms with Gasteiger partial charge in [0.2, 0.25) is 0 Å². The van der Waals surface area contributed by atoms with Gasteiger partial charge in [0.1, 0.15) is 0 Å². The number of rotatable bonds is 1. The first-order valence-corrected chi connectivity index (χ1v) is 5.52. The molecule has 0 aliphatic carbocycles. The highest BCUT2D eigenvalue weighted by atomic mass is 79.9. The Bertz CT molecular complexity index is 339. The normalized spacial score (nSPS) is 9.33. The summed E-state index contributed by atoms with van der Waals surface area (Å²) in [6.45, 7) is 6.16. The van der Waals surface area contributed by atoms with E-state index < -0.39 is 0 Å². The first kappa shape index (κ1) is 9.83. The van der Waals surface area contributed by atoms with Crippen molar-refractivity contribution in [2.45, 2.75) is 27.2 Å². The zero-order valence-corrected chi connectivity index (χ0v) is 9.90. The summed E-state index contributed by atoms with van der Waals surface area (Å²) >= 11 is 5.40. The molecule has 0 N–H and O–H groups in total. The van der Waals surface area contributed by atoms with Gasteiger partial charge < -0.3 is 0 Å². The zero-order valence-electron chi connectivity index (χ0n) is 7.49. The molecule has 0 nitrogen and oxygen atoms in total. The van der Waals surface area contributed by atoms with Gasteiger partial charge in [-0.15, -0.1) is 17.3 Å². The Balaban J connectivity index is 3.24. The van der Waals surface area contributed by atoms with Gasteiger partial charge in [-0.2, -0.15) is 0 Å². The third-order valence-electron chi connectivity index (χ3n) is 1.66. The van der Waals surface area contributed by atoms with Crippen LogP contribution in [0.25, 0.3) is 0 Å². The molecule has 2 heteroatoms. The van der Waals surface area contributed by atoms with Gasteiger partial charge in [-0.05, 0) is 36.2 Å². The molecular formula is C10H11BrS. The summed E-state index contributed by atoms with van der Waals surface area (Å²) in [5.74, 6) is 6.04. The zero-order chi connectivity index (χ0) is 9.14. The van der Waals surface area contributed by atoms with Crippen LogP contribution in [0.4, 0.5) is 0 Å². The van der Waals surface area contributed by atoms with E-state index in [2.05, 4.69) is 41.6 Å². The van der Waals surface area contributed by atoms with Crippen molar-refractivity contribution in [3.05, 3.63) is 19.8 Å². The second kappa shape index (κ2) is 4.11. The Hall–Kier alpha value is -0.260. The molecule has 0 aliphatic heterocycles. The maximum atomic E-state index is 3.57. The first-order chi connectivity index (χ1) is 5.70. The van der Waals surface area contributed by atoms with E-state index in [1.54, 1.807) is 0 Å². The highest BCUT2D eigenvalue weighted by Gasteiger charge is 2.09. The Morgan fingerprint density at radius 3 is 2.58 bits per heavy atom. The predicted octanol–water partition coefficient (Wildman–Crippen LogP) is 3.75. The van der Waals surface area contributed by atoms with Crippen LogP contribution in [-0.2, 0) is 6.42 Å². The summed E-state index contributed by atoms with van der Waals surface area (Å²) in [6.07, 6.45) is 1.08. The van der Waals surface area contributed by atoms with E-state index in [1.165, 1.54) is 19.8 Å². The van der Waals surface area contributed by atoms with E-state index >= 15 is 0 Å². The van der Waals surface area contributed by atoms with Crippen LogP contribution >= 0.6 is 27.3 Å². The molecule has 0 saturated carbocycles. The van der Waals surface area contributed by atoms with Crippen LogP contribution in [0.1, 0.15) is 29.2 Å². The van der Waals surface area contributed by atoms with Crippen LogP contribution in [0.5, 0.6) is 0 Å². The average molecular weight is 243 g/mol. The van der Waals surface area contributed by atoms with Crippen molar-refractivity contribution in [2.24, 2.45) is 0 Å². The molecule has 0 amide bonds. The molecule has 0 atom stereocenters. The van der Waals surface area contributed by atoms with Gasteiger partial charge in [-0.3, -0.25) is 0 Å². The lowest BCUT2D eigenvalue weighted by atomic mass is 10.2. The Morgan fingerprint density at radius 1 is 1.50 bits per heavy atom. The topological polar surface area (TPSA) is 0 Å². The summed E-state index contributed by atoms with van der Waals surface area (Å²) in [4.78, 5) is 2.71. The molecule has 0 aromatic carbocycles. The van der Waals surface area contributed by atoms with Gasteiger partial charge in [-0.1, -0.05) is 12.8 Å². The molecule has 1 rings (SSSR count). The predicted molar refractivity (Wildman–Crippen MR) is 58.7 cm³/mol. The van der Waals surface area contributed by atoms with E-state index in [0.717, 1.165) is 6.42 Å². The van der Waals surface area contributed by atoms with Crippen molar-refractivity contribution in [1.82, 2.24) is 0 Å². The Labute approximate surface area is 86.1 Å². The maximum absolute atomic E-state index is 3.57. The van der Waals surface area contributed by atoms with Gasteiger partial charge in [0.15, 0.2) is 0 Å². The van der Waals surface area contributed by atoms with Crippen molar-refractivity contribution >= 4 is 27.3 Å². The molecule has 0 unspecified atom stereocenters. The summed E-state index contributed by atoms with van der Waals surface area (Å²) in [6, 6.07) is 0. The lowest BCUT2D eigenvalue weighted by Gasteiger charge is -1.89. The number of thiophene rings is 1. The highest BCUT2D eigenvalue weighted by molar-refractivity contribution is 9.10. The van der Waals surface area contributed by atoms with E-state index in [4.69, 9.17) is 0 Å². The van der Waals surface area contributed by atoms with Gasteiger partial charge in [-0.25, -0.2) is 0 Å². The van der Waals surface area contributed by atoms with E-state index in [9.17, 15) is 0 Å². The molecule has 1 aromatic rings. The summed E-state index contributed by atoms with van der Waals surface area (Å²) in [5.41, 5.74) is 1.17. The van der Waals surface area contributed by atoms with E-state index in [-0.39, 0.29) is 0 Å². The molecule has 64 valence electrons. The third kappa shape index (κ3) is 1.73. The first-order valence-electron chi connectivity index (χ1n) is 3.91. The fraction of sp³-hybridized carbons (Fsp3) is 0.400. The molecule has 0 saturated heterocycles. The standard InChI is InChI=1S/C10H11BrS/c1-4-6-8-7(3)12-9(5-2)10(8)11/h5H2,1-3H3. The lowest BCUT2D eigenvalue weighted by Crippen LogP contribution is -1.75. The number of hydrogen-bond acceptors (Lipinski definition) is 1. The minimum Gasteiger partial charge on any atom is -0.143 e. The maximum Gasteiger partial charge on any atom is 0.0526 e.